The number of amides is 2. The summed E-state index contributed by atoms with van der Waals surface area (Å²) in [4.78, 5) is 27.7. The molecule has 3 rings (SSSR count). The van der Waals surface area contributed by atoms with Crippen LogP contribution in [-0.4, -0.2) is 43.8 Å². The van der Waals surface area contributed by atoms with Crippen molar-refractivity contribution < 1.29 is 35.6 Å². The van der Waals surface area contributed by atoms with Gasteiger partial charge in [-0.1, -0.05) is 54.4 Å². The smallest absolute Gasteiger partial charge is 0.352 e. The molecule has 0 bridgehead atoms. The van der Waals surface area contributed by atoms with Gasteiger partial charge in [-0.15, -0.1) is 0 Å². The van der Waals surface area contributed by atoms with Crippen LogP contribution in [0.2, 0.25) is 5.02 Å². The Labute approximate surface area is 253 Å². The predicted octanol–water partition coefficient (Wildman–Crippen LogP) is 6.33. The molecule has 3 aromatic carbocycles. The van der Waals surface area contributed by atoms with Gasteiger partial charge in [0.2, 0.25) is 11.8 Å². The number of aryl methyl sites for hydroxylation is 1. The Hall–Kier alpha value is -3.64. The maximum atomic E-state index is 14.6. The fraction of sp³-hybridized carbons (Fsp3) is 0.333. The van der Waals surface area contributed by atoms with Crippen LogP contribution in [0.25, 0.3) is 0 Å². The number of nitrogens with one attached hydrogen (secondary N) is 1. The number of sulfonamides is 1. The van der Waals surface area contributed by atoms with E-state index in [0.717, 1.165) is 22.6 Å². The lowest BCUT2D eigenvalue weighted by Crippen LogP contribution is -2.52. The third kappa shape index (κ3) is 8.26. The van der Waals surface area contributed by atoms with Crippen molar-refractivity contribution >= 4 is 39.1 Å². The Kier molecular flexibility index (Phi) is 10.8. The van der Waals surface area contributed by atoms with Crippen molar-refractivity contribution in [1.29, 1.82) is 0 Å². The van der Waals surface area contributed by atoms with Gasteiger partial charge in [-0.2, -0.15) is 13.2 Å². The molecule has 0 aromatic heterocycles. The van der Waals surface area contributed by atoms with E-state index in [0.29, 0.717) is 16.8 Å². The highest BCUT2D eigenvalue weighted by atomic mass is 35.5. The van der Waals surface area contributed by atoms with E-state index in [9.17, 15) is 35.6 Å². The molecule has 2 amide bonds. The molecule has 0 aliphatic rings. The number of carbonyl (C=O) groups excluding carboxylic acids is 2. The van der Waals surface area contributed by atoms with Crippen LogP contribution < -0.4 is 9.62 Å². The van der Waals surface area contributed by atoms with Crippen molar-refractivity contribution in [1.82, 2.24) is 10.2 Å². The molecule has 0 aliphatic heterocycles. The SMILES string of the molecule is CC[C@@H](C)NC(=O)[C@H](C)N(Cc1ccccc1F)C(=O)CN(c1ccc(Cl)c(C(F)(F)F)c1)S(=O)(=O)c1ccc(C)cc1. The van der Waals surface area contributed by atoms with Gasteiger partial charge in [-0.25, -0.2) is 12.8 Å². The van der Waals surface area contributed by atoms with Crippen LogP contribution in [0.5, 0.6) is 0 Å². The number of rotatable bonds is 11. The Morgan fingerprint density at radius 3 is 2.21 bits per heavy atom. The van der Waals surface area contributed by atoms with Crippen LogP contribution >= 0.6 is 11.6 Å². The van der Waals surface area contributed by atoms with Crippen LogP contribution in [0, 0.1) is 12.7 Å². The van der Waals surface area contributed by atoms with E-state index < -0.39 is 69.2 Å². The zero-order valence-corrected chi connectivity index (χ0v) is 25.5. The number of halogens is 5. The zero-order valence-electron chi connectivity index (χ0n) is 24.0. The highest BCUT2D eigenvalue weighted by molar-refractivity contribution is 7.92. The maximum Gasteiger partial charge on any atom is 0.417 e. The summed E-state index contributed by atoms with van der Waals surface area (Å²) in [7, 11) is -4.62. The Morgan fingerprint density at radius 1 is 1.00 bits per heavy atom. The van der Waals surface area contributed by atoms with Crippen molar-refractivity contribution in [2.24, 2.45) is 0 Å². The lowest BCUT2D eigenvalue weighted by molar-refractivity contribution is -0.139. The summed E-state index contributed by atoms with van der Waals surface area (Å²) in [5.41, 5.74) is -0.997. The third-order valence-electron chi connectivity index (χ3n) is 6.90. The van der Waals surface area contributed by atoms with E-state index in [1.807, 2.05) is 6.92 Å². The molecule has 0 spiro atoms. The largest absolute Gasteiger partial charge is 0.417 e. The van der Waals surface area contributed by atoms with E-state index >= 15 is 0 Å². The molecule has 0 saturated heterocycles. The molecule has 0 radical (unpaired) electrons. The van der Waals surface area contributed by atoms with Crippen LogP contribution in [0.3, 0.4) is 0 Å². The average Bonchev–Trinajstić information content (AvgIpc) is 2.94. The van der Waals surface area contributed by atoms with Crippen molar-refractivity contribution in [2.75, 3.05) is 10.8 Å². The molecule has 3 aromatic rings. The van der Waals surface area contributed by atoms with Gasteiger partial charge in [0.05, 0.1) is 21.2 Å². The van der Waals surface area contributed by atoms with Crippen LogP contribution in [0.4, 0.5) is 23.2 Å². The van der Waals surface area contributed by atoms with Crippen molar-refractivity contribution in [3.05, 3.63) is 94.3 Å². The molecule has 0 fully saturated rings. The highest BCUT2D eigenvalue weighted by Crippen LogP contribution is 2.38. The first kappa shape index (κ1) is 33.9. The maximum absolute atomic E-state index is 14.6. The number of alkyl halides is 3. The van der Waals surface area contributed by atoms with Gasteiger partial charge in [-0.05, 0) is 63.6 Å². The molecule has 13 heteroatoms. The molecule has 1 N–H and O–H groups in total. The molecule has 0 unspecified atom stereocenters. The van der Waals surface area contributed by atoms with E-state index in [4.69, 9.17) is 11.6 Å². The number of nitrogens with zero attached hydrogens (tertiary/aromatic N) is 2. The predicted molar refractivity (Wildman–Crippen MR) is 156 cm³/mol. The lowest BCUT2D eigenvalue weighted by atomic mass is 10.1. The Balaban J connectivity index is 2.13. The summed E-state index contributed by atoms with van der Waals surface area (Å²) in [6, 6.07) is 12.1. The molecule has 232 valence electrons. The lowest BCUT2D eigenvalue weighted by Gasteiger charge is -2.32. The van der Waals surface area contributed by atoms with Gasteiger partial charge < -0.3 is 10.2 Å². The van der Waals surface area contributed by atoms with Gasteiger partial charge in [0.15, 0.2) is 0 Å². The zero-order chi connectivity index (χ0) is 32.1. The minimum absolute atomic E-state index is 0.0535. The minimum Gasteiger partial charge on any atom is -0.352 e. The average molecular weight is 642 g/mol. The minimum atomic E-state index is -4.92. The van der Waals surface area contributed by atoms with E-state index in [-0.39, 0.29) is 16.5 Å². The normalized spacial score (nSPS) is 13.2. The number of carbonyl (C=O) groups is 2. The molecule has 0 heterocycles. The highest BCUT2D eigenvalue weighted by Gasteiger charge is 2.37. The van der Waals surface area contributed by atoms with E-state index in [1.165, 1.54) is 55.5 Å². The van der Waals surface area contributed by atoms with Crippen molar-refractivity contribution in [3.8, 4) is 0 Å². The Bertz CT molecular complexity index is 1570. The molecular weight excluding hydrogens is 610 g/mol. The molecule has 7 nitrogen and oxygen atoms in total. The summed E-state index contributed by atoms with van der Waals surface area (Å²) < 4.78 is 84.1. The fourth-order valence-electron chi connectivity index (χ4n) is 4.11. The first-order valence-electron chi connectivity index (χ1n) is 13.4. The summed E-state index contributed by atoms with van der Waals surface area (Å²) in [5, 5.41) is 2.08. The second-order valence-electron chi connectivity index (χ2n) is 10.1. The van der Waals surface area contributed by atoms with Crippen LogP contribution in [0.1, 0.15) is 43.9 Å². The molecule has 2 atom stereocenters. The quantitative estimate of drug-likeness (QED) is 0.248. The van der Waals surface area contributed by atoms with E-state index in [1.54, 1.807) is 13.8 Å². The van der Waals surface area contributed by atoms with E-state index in [2.05, 4.69) is 5.32 Å². The van der Waals surface area contributed by atoms with Crippen molar-refractivity contribution in [2.45, 2.75) is 63.8 Å². The molecule has 0 aliphatic carbocycles. The van der Waals surface area contributed by atoms with Gasteiger partial charge in [0.1, 0.15) is 18.4 Å². The summed E-state index contributed by atoms with van der Waals surface area (Å²) in [6.45, 7) is 5.31. The van der Waals surface area contributed by atoms with Gasteiger partial charge in [0, 0.05) is 18.2 Å². The second kappa shape index (κ2) is 13.8. The second-order valence-corrected chi connectivity index (χ2v) is 12.4. The summed E-state index contributed by atoms with van der Waals surface area (Å²) in [6.07, 6.45) is -4.34. The Morgan fingerprint density at radius 2 is 1.63 bits per heavy atom. The van der Waals surface area contributed by atoms with Gasteiger partial charge >= 0.3 is 6.18 Å². The number of hydrogen-bond donors (Lipinski definition) is 1. The number of anilines is 1. The summed E-state index contributed by atoms with van der Waals surface area (Å²) in [5.74, 6) is -2.18. The number of hydrogen-bond acceptors (Lipinski definition) is 4. The molecule has 0 saturated carbocycles. The standard InChI is InChI=1S/C30H32ClF4N3O4S/c1-5-20(3)36-29(40)21(4)37(17-22-8-6-7-9-27(22)32)28(39)18-38(43(41,42)24-13-10-19(2)11-14-24)23-12-15-26(31)25(16-23)30(33,34)35/h6-16,20-21H,5,17-18H2,1-4H3,(H,36,40)/t20-,21+/m1/s1. The van der Waals surface area contributed by atoms with Crippen LogP contribution in [0.15, 0.2) is 71.6 Å². The first-order chi connectivity index (χ1) is 20.1. The molecular formula is C30H32ClF4N3O4S. The fourth-order valence-corrected chi connectivity index (χ4v) is 5.74. The van der Waals surface area contributed by atoms with Gasteiger partial charge in [0.25, 0.3) is 10.0 Å². The monoisotopic (exact) mass is 641 g/mol. The van der Waals surface area contributed by atoms with Gasteiger partial charge in [-0.3, -0.25) is 13.9 Å². The first-order valence-corrected chi connectivity index (χ1v) is 15.2. The summed E-state index contributed by atoms with van der Waals surface area (Å²) >= 11 is 5.78. The van der Waals surface area contributed by atoms with Crippen LogP contribution in [-0.2, 0) is 32.3 Å². The number of benzene rings is 3. The topological polar surface area (TPSA) is 86.8 Å². The third-order valence-corrected chi connectivity index (χ3v) is 9.02. The molecule has 43 heavy (non-hydrogen) atoms. The van der Waals surface area contributed by atoms with Crippen molar-refractivity contribution in [3.63, 3.8) is 0 Å².